The molecule has 0 radical (unpaired) electrons. The SMILES string of the molecule is CN(C)NCC(C#N)c1ccccc1. The van der Waals surface area contributed by atoms with Crippen LogP contribution in [-0.2, 0) is 0 Å². The topological polar surface area (TPSA) is 39.1 Å². The van der Waals surface area contributed by atoms with Crippen LogP contribution in [0.5, 0.6) is 0 Å². The highest BCUT2D eigenvalue weighted by atomic mass is 15.5. The number of hydrogen-bond acceptors (Lipinski definition) is 3. The molecule has 1 rings (SSSR count). The maximum Gasteiger partial charge on any atom is 0.0851 e. The van der Waals surface area contributed by atoms with Gasteiger partial charge in [-0.3, -0.25) is 10.4 Å². The van der Waals surface area contributed by atoms with Gasteiger partial charge in [-0.1, -0.05) is 30.3 Å². The van der Waals surface area contributed by atoms with Crippen LogP contribution < -0.4 is 5.43 Å². The fraction of sp³-hybridized carbons (Fsp3) is 0.364. The summed E-state index contributed by atoms with van der Waals surface area (Å²) in [6.07, 6.45) is 0. The van der Waals surface area contributed by atoms with E-state index in [2.05, 4.69) is 11.5 Å². The van der Waals surface area contributed by atoms with E-state index >= 15 is 0 Å². The number of nitrogens with one attached hydrogen (secondary N) is 1. The number of benzene rings is 1. The van der Waals surface area contributed by atoms with E-state index in [1.165, 1.54) is 0 Å². The highest BCUT2D eigenvalue weighted by Crippen LogP contribution is 2.12. The molecule has 74 valence electrons. The summed E-state index contributed by atoms with van der Waals surface area (Å²) in [7, 11) is 3.83. The van der Waals surface area contributed by atoms with Crippen molar-refractivity contribution in [3.63, 3.8) is 0 Å². The van der Waals surface area contributed by atoms with Crippen LogP contribution in [0.15, 0.2) is 30.3 Å². The summed E-state index contributed by atoms with van der Waals surface area (Å²) >= 11 is 0. The van der Waals surface area contributed by atoms with Gasteiger partial charge in [-0.2, -0.15) is 5.26 Å². The van der Waals surface area contributed by atoms with Crippen LogP contribution in [0.25, 0.3) is 0 Å². The lowest BCUT2D eigenvalue weighted by atomic mass is 10.0. The van der Waals surface area contributed by atoms with Gasteiger partial charge in [0.25, 0.3) is 0 Å². The normalized spacial score (nSPS) is 12.4. The zero-order chi connectivity index (χ0) is 10.4. The Morgan fingerprint density at radius 1 is 1.36 bits per heavy atom. The molecule has 0 saturated heterocycles. The molecule has 1 N–H and O–H groups in total. The third-order valence-electron chi connectivity index (χ3n) is 1.97. The molecule has 0 aliphatic carbocycles. The maximum atomic E-state index is 8.98. The average molecular weight is 189 g/mol. The molecule has 0 aromatic heterocycles. The molecule has 0 aliphatic heterocycles. The van der Waals surface area contributed by atoms with Gasteiger partial charge in [0.1, 0.15) is 0 Å². The smallest absolute Gasteiger partial charge is 0.0851 e. The number of rotatable bonds is 4. The number of hydrazine groups is 1. The van der Waals surface area contributed by atoms with Crippen LogP contribution in [0.3, 0.4) is 0 Å². The van der Waals surface area contributed by atoms with Crippen LogP contribution in [0.4, 0.5) is 0 Å². The van der Waals surface area contributed by atoms with Crippen LogP contribution in [0.2, 0.25) is 0 Å². The van der Waals surface area contributed by atoms with Gasteiger partial charge in [-0.15, -0.1) is 0 Å². The molecular weight excluding hydrogens is 174 g/mol. The van der Waals surface area contributed by atoms with E-state index < -0.39 is 0 Å². The molecule has 1 aromatic carbocycles. The molecule has 0 fully saturated rings. The summed E-state index contributed by atoms with van der Waals surface area (Å²) in [5, 5.41) is 10.8. The van der Waals surface area contributed by atoms with Crippen LogP contribution in [0, 0.1) is 11.3 Å². The first kappa shape index (κ1) is 10.7. The first-order chi connectivity index (χ1) is 6.74. The summed E-state index contributed by atoms with van der Waals surface area (Å²) in [5.74, 6) is -0.0846. The van der Waals surface area contributed by atoms with E-state index in [1.807, 2.05) is 49.4 Å². The van der Waals surface area contributed by atoms with Gasteiger partial charge in [-0.05, 0) is 5.56 Å². The van der Waals surface area contributed by atoms with Crippen molar-refractivity contribution in [3.8, 4) is 6.07 Å². The summed E-state index contributed by atoms with van der Waals surface area (Å²) in [6.45, 7) is 0.646. The lowest BCUT2D eigenvalue weighted by molar-refractivity contribution is 0.287. The summed E-state index contributed by atoms with van der Waals surface area (Å²) in [6, 6.07) is 12.1. The zero-order valence-corrected chi connectivity index (χ0v) is 8.57. The van der Waals surface area contributed by atoms with E-state index in [9.17, 15) is 0 Å². The van der Waals surface area contributed by atoms with E-state index in [4.69, 9.17) is 5.26 Å². The van der Waals surface area contributed by atoms with E-state index in [0.717, 1.165) is 5.56 Å². The summed E-state index contributed by atoms with van der Waals surface area (Å²) in [4.78, 5) is 0. The summed E-state index contributed by atoms with van der Waals surface area (Å²) < 4.78 is 0. The predicted molar refractivity (Wildman–Crippen MR) is 56.5 cm³/mol. The zero-order valence-electron chi connectivity index (χ0n) is 8.57. The van der Waals surface area contributed by atoms with Crippen molar-refractivity contribution in [1.29, 1.82) is 5.26 Å². The van der Waals surface area contributed by atoms with Crippen molar-refractivity contribution >= 4 is 0 Å². The van der Waals surface area contributed by atoms with Crippen LogP contribution >= 0.6 is 0 Å². The standard InChI is InChI=1S/C11H15N3/c1-14(2)13-9-11(8-12)10-6-4-3-5-7-10/h3-7,11,13H,9H2,1-2H3. The highest BCUT2D eigenvalue weighted by Gasteiger charge is 2.09. The minimum absolute atomic E-state index is 0.0846. The molecule has 1 unspecified atom stereocenters. The molecule has 0 spiro atoms. The fourth-order valence-electron chi connectivity index (χ4n) is 1.20. The fourth-order valence-corrected chi connectivity index (χ4v) is 1.20. The minimum atomic E-state index is -0.0846. The molecule has 0 heterocycles. The van der Waals surface area contributed by atoms with E-state index in [0.29, 0.717) is 6.54 Å². The number of nitriles is 1. The minimum Gasteiger partial charge on any atom is -0.254 e. The molecule has 0 amide bonds. The maximum absolute atomic E-state index is 8.98. The Hall–Kier alpha value is -1.37. The van der Waals surface area contributed by atoms with E-state index in [1.54, 1.807) is 0 Å². The Labute approximate surface area is 84.9 Å². The molecule has 3 heteroatoms. The van der Waals surface area contributed by atoms with Crippen molar-refractivity contribution in [2.45, 2.75) is 5.92 Å². The third kappa shape index (κ3) is 3.17. The van der Waals surface area contributed by atoms with Crippen molar-refractivity contribution in [2.24, 2.45) is 0 Å². The van der Waals surface area contributed by atoms with Crippen LogP contribution in [0.1, 0.15) is 11.5 Å². The average Bonchev–Trinajstić information content (AvgIpc) is 2.20. The second-order valence-corrected chi connectivity index (χ2v) is 3.35. The number of nitrogens with zero attached hydrogens (tertiary/aromatic N) is 2. The highest BCUT2D eigenvalue weighted by molar-refractivity contribution is 5.24. The second-order valence-electron chi connectivity index (χ2n) is 3.35. The molecule has 14 heavy (non-hydrogen) atoms. The van der Waals surface area contributed by atoms with Gasteiger partial charge in [0.15, 0.2) is 0 Å². The molecule has 0 aliphatic rings. The van der Waals surface area contributed by atoms with Crippen molar-refractivity contribution in [2.75, 3.05) is 20.6 Å². The molecule has 1 aromatic rings. The second kappa shape index (κ2) is 5.38. The molecule has 0 bridgehead atoms. The van der Waals surface area contributed by atoms with E-state index in [-0.39, 0.29) is 5.92 Å². The summed E-state index contributed by atoms with van der Waals surface area (Å²) in [5.41, 5.74) is 4.17. The van der Waals surface area contributed by atoms with Crippen LogP contribution in [-0.4, -0.2) is 25.6 Å². The van der Waals surface area contributed by atoms with Crippen molar-refractivity contribution in [1.82, 2.24) is 10.4 Å². The monoisotopic (exact) mass is 189 g/mol. The largest absolute Gasteiger partial charge is 0.254 e. The van der Waals surface area contributed by atoms with Gasteiger partial charge in [0.05, 0.1) is 12.0 Å². The number of hydrogen-bond donors (Lipinski definition) is 1. The van der Waals surface area contributed by atoms with Gasteiger partial charge in [-0.25, -0.2) is 0 Å². The molecule has 0 saturated carbocycles. The van der Waals surface area contributed by atoms with Gasteiger partial charge >= 0.3 is 0 Å². The molecular formula is C11H15N3. The quantitative estimate of drug-likeness (QED) is 0.727. The van der Waals surface area contributed by atoms with Gasteiger partial charge in [0.2, 0.25) is 0 Å². The van der Waals surface area contributed by atoms with Gasteiger partial charge < -0.3 is 0 Å². The van der Waals surface area contributed by atoms with Crippen molar-refractivity contribution in [3.05, 3.63) is 35.9 Å². The Kier molecular flexibility index (Phi) is 4.11. The Morgan fingerprint density at radius 2 is 2.00 bits per heavy atom. The lowest BCUT2D eigenvalue weighted by Gasteiger charge is -2.15. The Morgan fingerprint density at radius 3 is 2.50 bits per heavy atom. The molecule has 1 atom stereocenters. The van der Waals surface area contributed by atoms with Gasteiger partial charge in [0, 0.05) is 20.6 Å². The molecule has 3 nitrogen and oxygen atoms in total. The van der Waals surface area contributed by atoms with Crippen molar-refractivity contribution < 1.29 is 0 Å². The first-order valence-corrected chi connectivity index (χ1v) is 4.59. The Balaban J connectivity index is 2.60. The first-order valence-electron chi connectivity index (χ1n) is 4.59. The lowest BCUT2D eigenvalue weighted by Crippen LogP contribution is -2.33. The predicted octanol–water partition coefficient (Wildman–Crippen LogP) is 1.36. The third-order valence-corrected chi connectivity index (χ3v) is 1.97. The Bertz CT molecular complexity index is 300.